The molecule has 1 aliphatic rings. The number of amides is 1. The molecule has 0 bridgehead atoms. The van der Waals surface area contributed by atoms with Crippen molar-refractivity contribution in [3.05, 3.63) is 29.8 Å². The van der Waals surface area contributed by atoms with Crippen LogP contribution in [0.5, 0.6) is 0 Å². The molecule has 1 aliphatic heterocycles. The van der Waals surface area contributed by atoms with E-state index in [9.17, 15) is 9.59 Å². The van der Waals surface area contributed by atoms with E-state index in [0.717, 1.165) is 17.7 Å². The lowest BCUT2D eigenvalue weighted by molar-refractivity contribution is -0.135. The Hall–Kier alpha value is -2.15. The van der Waals surface area contributed by atoms with Gasteiger partial charge in [-0.15, -0.1) is 0 Å². The van der Waals surface area contributed by atoms with Crippen molar-refractivity contribution in [3.63, 3.8) is 0 Å². The van der Waals surface area contributed by atoms with Gasteiger partial charge in [0.15, 0.2) is 5.78 Å². The van der Waals surface area contributed by atoms with Crippen molar-refractivity contribution in [1.82, 2.24) is 0 Å². The molecule has 1 aromatic rings. The zero-order chi connectivity index (χ0) is 14.7. The van der Waals surface area contributed by atoms with E-state index < -0.39 is 11.8 Å². The van der Waals surface area contributed by atoms with Gasteiger partial charge in [0.05, 0.1) is 12.0 Å². The number of carbonyl (C=O) groups excluding carboxylic acids is 2. The summed E-state index contributed by atoms with van der Waals surface area (Å²) in [5, 5.41) is 8.84. The number of ketones is 1. The largest absolute Gasteiger partial charge is 0.312 e. The topological polar surface area (TPSA) is 61.2 Å². The van der Waals surface area contributed by atoms with Crippen LogP contribution in [0.15, 0.2) is 24.3 Å². The van der Waals surface area contributed by atoms with E-state index in [2.05, 4.69) is 0 Å². The standard InChI is InChI=1S/C16H18N2O2/c1-11-5-7-13(8-6-11)18-9-3-4-14(16(18)20)15(19)12(2)10-17/h5-8,12,14H,3-4,9H2,1-2H3. The number of Topliss-reactive ketones (excluding diaryl/α,β-unsaturated/α-hetero) is 1. The number of nitriles is 1. The summed E-state index contributed by atoms with van der Waals surface area (Å²) < 4.78 is 0. The Labute approximate surface area is 119 Å². The highest BCUT2D eigenvalue weighted by Gasteiger charge is 2.36. The summed E-state index contributed by atoms with van der Waals surface area (Å²) in [6.45, 7) is 4.18. The normalized spacial score (nSPS) is 20.4. The molecule has 1 saturated heterocycles. The molecule has 2 atom stereocenters. The lowest BCUT2D eigenvalue weighted by Gasteiger charge is -2.32. The maximum absolute atomic E-state index is 12.5. The van der Waals surface area contributed by atoms with Crippen molar-refractivity contribution >= 4 is 17.4 Å². The molecule has 0 aromatic heterocycles. The third-order valence-electron chi connectivity index (χ3n) is 3.75. The molecule has 2 unspecified atom stereocenters. The molecule has 1 amide bonds. The predicted molar refractivity (Wildman–Crippen MR) is 76.0 cm³/mol. The average molecular weight is 270 g/mol. The van der Waals surface area contributed by atoms with Crippen molar-refractivity contribution in [1.29, 1.82) is 5.26 Å². The number of aryl methyl sites for hydroxylation is 1. The minimum absolute atomic E-state index is 0.174. The van der Waals surface area contributed by atoms with Crippen molar-refractivity contribution in [3.8, 4) is 6.07 Å². The molecule has 0 spiro atoms. The van der Waals surface area contributed by atoms with E-state index >= 15 is 0 Å². The Balaban J connectivity index is 2.21. The highest BCUT2D eigenvalue weighted by atomic mass is 16.2. The fourth-order valence-corrected chi connectivity index (χ4v) is 2.49. The molecule has 0 radical (unpaired) electrons. The maximum atomic E-state index is 12.5. The highest BCUT2D eigenvalue weighted by Crippen LogP contribution is 2.26. The summed E-state index contributed by atoms with van der Waals surface area (Å²) in [5.74, 6) is -1.82. The van der Waals surface area contributed by atoms with Gasteiger partial charge in [0.1, 0.15) is 5.92 Å². The van der Waals surface area contributed by atoms with E-state index in [1.54, 1.807) is 11.8 Å². The maximum Gasteiger partial charge on any atom is 0.237 e. The van der Waals surface area contributed by atoms with E-state index in [0.29, 0.717) is 13.0 Å². The molecule has 2 rings (SSSR count). The van der Waals surface area contributed by atoms with Crippen molar-refractivity contribution in [2.24, 2.45) is 11.8 Å². The summed E-state index contributed by atoms with van der Waals surface area (Å²) in [5.41, 5.74) is 1.95. The Bertz CT molecular complexity index is 557. The van der Waals surface area contributed by atoms with Gasteiger partial charge < -0.3 is 4.90 Å². The van der Waals surface area contributed by atoms with Crippen LogP contribution in [-0.4, -0.2) is 18.2 Å². The van der Waals surface area contributed by atoms with Crippen molar-refractivity contribution in [2.75, 3.05) is 11.4 Å². The van der Waals surface area contributed by atoms with E-state index in [1.807, 2.05) is 37.3 Å². The second kappa shape index (κ2) is 5.87. The minimum atomic E-state index is -0.720. The molecule has 104 valence electrons. The molecule has 4 nitrogen and oxygen atoms in total. The van der Waals surface area contributed by atoms with Gasteiger partial charge in [-0.25, -0.2) is 0 Å². The summed E-state index contributed by atoms with van der Waals surface area (Å²) in [7, 11) is 0. The number of hydrogen-bond donors (Lipinski definition) is 0. The van der Waals surface area contributed by atoms with Crippen LogP contribution in [0.3, 0.4) is 0 Å². The molecule has 20 heavy (non-hydrogen) atoms. The number of nitrogens with zero attached hydrogens (tertiary/aromatic N) is 2. The molecule has 4 heteroatoms. The first-order chi connectivity index (χ1) is 9.54. The SMILES string of the molecule is Cc1ccc(N2CCCC(C(=O)C(C)C#N)C2=O)cc1. The lowest BCUT2D eigenvalue weighted by atomic mass is 9.87. The number of carbonyl (C=O) groups is 2. The van der Waals surface area contributed by atoms with Crippen LogP contribution in [0.1, 0.15) is 25.3 Å². The van der Waals surface area contributed by atoms with Gasteiger partial charge in [-0.05, 0) is 38.8 Å². The highest BCUT2D eigenvalue weighted by molar-refractivity contribution is 6.10. The van der Waals surface area contributed by atoms with Gasteiger partial charge >= 0.3 is 0 Å². The summed E-state index contributed by atoms with van der Waals surface area (Å²) in [6, 6.07) is 9.62. The molecule has 0 N–H and O–H groups in total. The first kappa shape index (κ1) is 14.3. The summed E-state index contributed by atoms with van der Waals surface area (Å²) >= 11 is 0. The third kappa shape index (κ3) is 2.72. The zero-order valence-electron chi connectivity index (χ0n) is 11.8. The van der Waals surface area contributed by atoms with Gasteiger partial charge in [-0.1, -0.05) is 17.7 Å². The quantitative estimate of drug-likeness (QED) is 0.793. The van der Waals surface area contributed by atoms with Gasteiger partial charge in [-0.2, -0.15) is 5.26 Å². The monoisotopic (exact) mass is 270 g/mol. The van der Waals surface area contributed by atoms with Gasteiger partial charge in [0, 0.05) is 12.2 Å². The Kier molecular flexibility index (Phi) is 4.19. The zero-order valence-corrected chi connectivity index (χ0v) is 11.8. The lowest BCUT2D eigenvalue weighted by Crippen LogP contribution is -2.45. The number of rotatable bonds is 3. The smallest absolute Gasteiger partial charge is 0.237 e. The van der Waals surface area contributed by atoms with Crippen LogP contribution in [0.25, 0.3) is 0 Å². The molecule has 1 aromatic carbocycles. The molecule has 1 heterocycles. The second-order valence-corrected chi connectivity index (χ2v) is 5.27. The van der Waals surface area contributed by atoms with Gasteiger partial charge in [0.2, 0.25) is 5.91 Å². The number of anilines is 1. The van der Waals surface area contributed by atoms with Crippen LogP contribution in [0.2, 0.25) is 0 Å². The van der Waals surface area contributed by atoms with Crippen LogP contribution >= 0.6 is 0 Å². The average Bonchev–Trinajstić information content (AvgIpc) is 2.47. The van der Waals surface area contributed by atoms with Crippen LogP contribution in [0.4, 0.5) is 5.69 Å². The van der Waals surface area contributed by atoms with Crippen molar-refractivity contribution < 1.29 is 9.59 Å². The Morgan fingerprint density at radius 2 is 2.05 bits per heavy atom. The first-order valence-corrected chi connectivity index (χ1v) is 6.86. The van der Waals surface area contributed by atoms with Crippen LogP contribution in [-0.2, 0) is 9.59 Å². The molecule has 0 aliphatic carbocycles. The van der Waals surface area contributed by atoms with Gasteiger partial charge in [-0.3, -0.25) is 9.59 Å². The minimum Gasteiger partial charge on any atom is -0.312 e. The predicted octanol–water partition coefficient (Wildman–Crippen LogP) is 2.47. The summed E-state index contributed by atoms with van der Waals surface area (Å²) in [4.78, 5) is 26.2. The molecule has 1 fully saturated rings. The Morgan fingerprint density at radius 3 is 2.65 bits per heavy atom. The second-order valence-electron chi connectivity index (χ2n) is 5.27. The molecular formula is C16H18N2O2. The fraction of sp³-hybridized carbons (Fsp3) is 0.438. The first-order valence-electron chi connectivity index (χ1n) is 6.86. The third-order valence-corrected chi connectivity index (χ3v) is 3.75. The van der Waals surface area contributed by atoms with E-state index in [1.165, 1.54) is 0 Å². The number of piperidine rings is 1. The fourth-order valence-electron chi connectivity index (χ4n) is 2.49. The van der Waals surface area contributed by atoms with E-state index in [-0.39, 0.29) is 11.7 Å². The van der Waals surface area contributed by atoms with Crippen LogP contribution < -0.4 is 4.90 Å². The Morgan fingerprint density at radius 1 is 1.40 bits per heavy atom. The van der Waals surface area contributed by atoms with Gasteiger partial charge in [0.25, 0.3) is 0 Å². The molecule has 0 saturated carbocycles. The number of hydrogen-bond acceptors (Lipinski definition) is 3. The van der Waals surface area contributed by atoms with Crippen molar-refractivity contribution in [2.45, 2.75) is 26.7 Å². The van der Waals surface area contributed by atoms with Crippen LogP contribution in [0, 0.1) is 30.1 Å². The van der Waals surface area contributed by atoms with E-state index in [4.69, 9.17) is 5.26 Å². The summed E-state index contributed by atoms with van der Waals surface area (Å²) in [6.07, 6.45) is 1.33. The molecular weight excluding hydrogens is 252 g/mol. The number of benzene rings is 1.